The molecule has 9 heteroatoms. The highest BCUT2D eigenvalue weighted by Gasteiger charge is 2.26. The number of piperazine rings is 1. The lowest BCUT2D eigenvalue weighted by Gasteiger charge is -2.36. The largest absolute Gasteiger partial charge is 0.377 e. The average molecular weight is 409 g/mol. The lowest BCUT2D eigenvalue weighted by molar-refractivity contribution is 0.174. The molecule has 158 valence electrons. The summed E-state index contributed by atoms with van der Waals surface area (Å²) in [5, 5.41) is 3.95. The van der Waals surface area contributed by atoms with Crippen molar-refractivity contribution in [3.8, 4) is 0 Å². The molecule has 2 aliphatic rings. The molecule has 2 saturated heterocycles. The Kier molecular flexibility index (Phi) is 5.46. The Labute approximate surface area is 175 Å². The monoisotopic (exact) mass is 409 g/mol. The van der Waals surface area contributed by atoms with Crippen LogP contribution in [-0.4, -0.2) is 71.4 Å². The standard InChI is InChI=1S/C21H27N7O2/c1-29-15-18-24-19(30-25-18)14-26-10-12-28(13-11-26)21-20(27-8-4-5-9-27)22-16-6-2-3-7-17(16)23-21/h2-3,6-7H,4-5,8-15H2,1H3. The number of para-hydroxylation sites is 2. The Balaban J connectivity index is 1.31. The van der Waals surface area contributed by atoms with Gasteiger partial charge in [-0.05, 0) is 25.0 Å². The highest BCUT2D eigenvalue weighted by atomic mass is 16.5. The Hall–Kier alpha value is -2.78. The van der Waals surface area contributed by atoms with Crippen LogP contribution in [0.25, 0.3) is 11.0 Å². The normalized spacial score (nSPS) is 17.9. The zero-order chi connectivity index (χ0) is 20.3. The summed E-state index contributed by atoms with van der Waals surface area (Å²) in [6.07, 6.45) is 2.44. The van der Waals surface area contributed by atoms with Crippen molar-refractivity contribution in [1.29, 1.82) is 0 Å². The van der Waals surface area contributed by atoms with Crippen molar-refractivity contribution in [2.24, 2.45) is 0 Å². The van der Waals surface area contributed by atoms with Gasteiger partial charge in [-0.2, -0.15) is 4.98 Å². The molecule has 30 heavy (non-hydrogen) atoms. The molecular formula is C21H27N7O2. The third-order valence-electron chi connectivity index (χ3n) is 5.75. The van der Waals surface area contributed by atoms with Crippen LogP contribution in [0.4, 0.5) is 11.6 Å². The van der Waals surface area contributed by atoms with Crippen molar-refractivity contribution in [2.75, 3.05) is 56.2 Å². The van der Waals surface area contributed by atoms with Gasteiger partial charge in [-0.25, -0.2) is 9.97 Å². The predicted molar refractivity (Wildman–Crippen MR) is 113 cm³/mol. The van der Waals surface area contributed by atoms with E-state index >= 15 is 0 Å². The van der Waals surface area contributed by atoms with E-state index in [2.05, 4.69) is 24.8 Å². The first kappa shape index (κ1) is 19.2. The molecule has 3 aromatic rings. The SMILES string of the molecule is COCc1noc(CN2CCN(c3nc4ccccc4nc3N3CCCC3)CC2)n1. The van der Waals surface area contributed by atoms with Crippen molar-refractivity contribution in [1.82, 2.24) is 25.0 Å². The molecular weight excluding hydrogens is 382 g/mol. The first-order valence-electron chi connectivity index (χ1n) is 10.6. The number of methoxy groups -OCH3 is 1. The summed E-state index contributed by atoms with van der Waals surface area (Å²) in [7, 11) is 1.63. The van der Waals surface area contributed by atoms with Gasteiger partial charge in [-0.1, -0.05) is 17.3 Å². The lowest BCUT2D eigenvalue weighted by atomic mass is 10.2. The number of hydrogen-bond acceptors (Lipinski definition) is 9. The summed E-state index contributed by atoms with van der Waals surface area (Å²) in [6.45, 7) is 6.76. The second kappa shape index (κ2) is 8.53. The zero-order valence-electron chi connectivity index (χ0n) is 17.3. The maximum atomic E-state index is 5.34. The number of aromatic nitrogens is 4. The van der Waals surface area contributed by atoms with Crippen LogP contribution in [0, 0.1) is 0 Å². The van der Waals surface area contributed by atoms with Gasteiger partial charge in [0, 0.05) is 46.4 Å². The van der Waals surface area contributed by atoms with Crippen molar-refractivity contribution in [3.63, 3.8) is 0 Å². The van der Waals surface area contributed by atoms with E-state index in [0.29, 0.717) is 24.9 Å². The lowest BCUT2D eigenvalue weighted by Crippen LogP contribution is -2.46. The maximum absolute atomic E-state index is 5.34. The van der Waals surface area contributed by atoms with E-state index in [-0.39, 0.29) is 0 Å². The summed E-state index contributed by atoms with van der Waals surface area (Å²) >= 11 is 0. The summed E-state index contributed by atoms with van der Waals surface area (Å²) in [5.74, 6) is 3.27. The molecule has 9 nitrogen and oxygen atoms in total. The van der Waals surface area contributed by atoms with Crippen LogP contribution < -0.4 is 9.80 Å². The van der Waals surface area contributed by atoms with Gasteiger partial charge >= 0.3 is 0 Å². The van der Waals surface area contributed by atoms with E-state index in [1.807, 2.05) is 24.3 Å². The predicted octanol–water partition coefficient (Wildman–Crippen LogP) is 2.08. The molecule has 4 heterocycles. The molecule has 0 radical (unpaired) electrons. The van der Waals surface area contributed by atoms with E-state index < -0.39 is 0 Å². The summed E-state index contributed by atoms with van der Waals surface area (Å²) in [5.41, 5.74) is 1.92. The van der Waals surface area contributed by atoms with E-state index in [1.54, 1.807) is 7.11 Å². The molecule has 5 rings (SSSR count). The first-order chi connectivity index (χ1) is 14.8. The van der Waals surface area contributed by atoms with Crippen LogP contribution >= 0.6 is 0 Å². The Morgan fingerprint density at radius 2 is 1.50 bits per heavy atom. The molecule has 1 aromatic carbocycles. The minimum Gasteiger partial charge on any atom is -0.377 e. The molecule has 2 fully saturated rings. The minimum absolute atomic E-state index is 0.372. The minimum atomic E-state index is 0.372. The van der Waals surface area contributed by atoms with E-state index in [0.717, 1.165) is 61.9 Å². The topological polar surface area (TPSA) is 83.7 Å². The first-order valence-corrected chi connectivity index (χ1v) is 10.6. The highest BCUT2D eigenvalue weighted by Crippen LogP contribution is 2.31. The number of benzene rings is 1. The van der Waals surface area contributed by atoms with Crippen LogP contribution in [-0.2, 0) is 17.9 Å². The molecule has 0 saturated carbocycles. The van der Waals surface area contributed by atoms with Gasteiger partial charge in [0.25, 0.3) is 0 Å². The van der Waals surface area contributed by atoms with Gasteiger partial charge in [0.15, 0.2) is 17.5 Å². The number of nitrogens with zero attached hydrogens (tertiary/aromatic N) is 7. The molecule has 0 amide bonds. The van der Waals surface area contributed by atoms with E-state index in [9.17, 15) is 0 Å². The summed E-state index contributed by atoms with van der Waals surface area (Å²) < 4.78 is 10.4. The molecule has 0 atom stereocenters. The quantitative estimate of drug-likeness (QED) is 0.607. The van der Waals surface area contributed by atoms with Crippen LogP contribution in [0.1, 0.15) is 24.6 Å². The summed E-state index contributed by atoms with van der Waals surface area (Å²) in [4.78, 5) is 21.5. The van der Waals surface area contributed by atoms with Crippen LogP contribution in [0.5, 0.6) is 0 Å². The van der Waals surface area contributed by atoms with Gasteiger partial charge in [0.1, 0.15) is 6.61 Å². The van der Waals surface area contributed by atoms with E-state index in [4.69, 9.17) is 19.2 Å². The molecule has 0 unspecified atom stereocenters. The molecule has 0 spiro atoms. The highest BCUT2D eigenvalue weighted by molar-refractivity contribution is 5.81. The Morgan fingerprint density at radius 3 is 2.13 bits per heavy atom. The fraction of sp³-hybridized carbons (Fsp3) is 0.524. The Morgan fingerprint density at radius 1 is 0.867 bits per heavy atom. The van der Waals surface area contributed by atoms with Crippen molar-refractivity contribution >= 4 is 22.7 Å². The fourth-order valence-corrected chi connectivity index (χ4v) is 4.19. The van der Waals surface area contributed by atoms with Gasteiger partial charge in [0.05, 0.1) is 17.6 Å². The molecule has 0 aliphatic carbocycles. The third kappa shape index (κ3) is 3.95. The van der Waals surface area contributed by atoms with Gasteiger partial charge < -0.3 is 19.1 Å². The number of fused-ring (bicyclic) bond motifs is 1. The maximum Gasteiger partial charge on any atom is 0.240 e. The van der Waals surface area contributed by atoms with Gasteiger partial charge in [0.2, 0.25) is 5.89 Å². The molecule has 2 aromatic heterocycles. The zero-order valence-corrected chi connectivity index (χ0v) is 17.3. The van der Waals surface area contributed by atoms with Crippen molar-refractivity contribution in [2.45, 2.75) is 26.0 Å². The van der Waals surface area contributed by atoms with Crippen molar-refractivity contribution < 1.29 is 9.26 Å². The third-order valence-corrected chi connectivity index (χ3v) is 5.75. The van der Waals surface area contributed by atoms with Crippen LogP contribution in [0.2, 0.25) is 0 Å². The number of rotatable bonds is 6. The Bertz CT molecular complexity index is 994. The summed E-state index contributed by atoms with van der Waals surface area (Å²) in [6, 6.07) is 8.14. The second-order valence-electron chi connectivity index (χ2n) is 7.85. The molecule has 0 bridgehead atoms. The second-order valence-corrected chi connectivity index (χ2v) is 7.85. The molecule has 0 N–H and O–H groups in total. The number of hydrogen-bond donors (Lipinski definition) is 0. The fourth-order valence-electron chi connectivity index (χ4n) is 4.19. The van der Waals surface area contributed by atoms with Crippen LogP contribution in [0.3, 0.4) is 0 Å². The smallest absolute Gasteiger partial charge is 0.240 e. The number of ether oxygens (including phenoxy) is 1. The van der Waals surface area contributed by atoms with Crippen LogP contribution in [0.15, 0.2) is 28.8 Å². The van der Waals surface area contributed by atoms with Crippen molar-refractivity contribution in [3.05, 3.63) is 36.0 Å². The van der Waals surface area contributed by atoms with Gasteiger partial charge in [-0.3, -0.25) is 4.90 Å². The van der Waals surface area contributed by atoms with E-state index in [1.165, 1.54) is 12.8 Å². The number of anilines is 2. The molecule has 2 aliphatic heterocycles. The average Bonchev–Trinajstić information content (AvgIpc) is 3.46. The van der Waals surface area contributed by atoms with Gasteiger partial charge in [-0.15, -0.1) is 0 Å².